The number of aromatic carboxylic acids is 1. The summed E-state index contributed by atoms with van der Waals surface area (Å²) in [6.45, 7) is 2.02. The first kappa shape index (κ1) is 12.3. The maximum atomic E-state index is 11.8. The minimum atomic E-state index is -1.26. The molecule has 0 fully saturated rings. The minimum Gasteiger partial charge on any atom is -0.545 e. The Morgan fingerprint density at radius 1 is 1.50 bits per heavy atom. The first-order valence-corrected chi connectivity index (χ1v) is 5.82. The highest BCUT2D eigenvalue weighted by atomic mass is 16.4. The molecule has 1 aromatic carbocycles. The molecule has 18 heavy (non-hydrogen) atoms. The van der Waals surface area contributed by atoms with Gasteiger partial charge in [0.2, 0.25) is 0 Å². The van der Waals surface area contributed by atoms with Crippen LogP contribution in [0.2, 0.25) is 0 Å². The maximum Gasteiger partial charge on any atom is 0.253 e. The van der Waals surface area contributed by atoms with Crippen LogP contribution in [0.1, 0.15) is 36.5 Å². The zero-order chi connectivity index (χ0) is 13.1. The SMILES string of the molecule is CCCC1=NN(c2cccc(C(=O)[O-])c2)C(=O)C1. The lowest BCUT2D eigenvalue weighted by Gasteiger charge is -2.13. The van der Waals surface area contributed by atoms with Crippen molar-refractivity contribution in [2.75, 3.05) is 5.01 Å². The third-order valence-corrected chi connectivity index (χ3v) is 2.70. The number of carbonyl (C=O) groups excluding carboxylic acids is 2. The number of carbonyl (C=O) groups is 2. The van der Waals surface area contributed by atoms with E-state index in [0.29, 0.717) is 12.1 Å². The van der Waals surface area contributed by atoms with Gasteiger partial charge in [0, 0.05) is 5.71 Å². The van der Waals surface area contributed by atoms with Crippen molar-refractivity contribution in [3.05, 3.63) is 29.8 Å². The summed E-state index contributed by atoms with van der Waals surface area (Å²) < 4.78 is 0. The number of benzene rings is 1. The van der Waals surface area contributed by atoms with Crippen molar-refractivity contribution in [1.82, 2.24) is 0 Å². The fourth-order valence-electron chi connectivity index (χ4n) is 1.88. The smallest absolute Gasteiger partial charge is 0.253 e. The highest BCUT2D eigenvalue weighted by molar-refractivity contribution is 6.13. The van der Waals surface area contributed by atoms with Gasteiger partial charge in [-0.05, 0) is 24.1 Å². The third-order valence-electron chi connectivity index (χ3n) is 2.70. The van der Waals surface area contributed by atoms with Crippen LogP contribution in [-0.2, 0) is 4.79 Å². The molecule has 0 spiro atoms. The highest BCUT2D eigenvalue weighted by Gasteiger charge is 2.24. The molecule has 94 valence electrons. The monoisotopic (exact) mass is 245 g/mol. The second kappa shape index (κ2) is 5.00. The lowest BCUT2D eigenvalue weighted by atomic mass is 10.1. The van der Waals surface area contributed by atoms with Crippen LogP contribution in [0.15, 0.2) is 29.4 Å². The van der Waals surface area contributed by atoms with E-state index in [9.17, 15) is 14.7 Å². The van der Waals surface area contributed by atoms with Gasteiger partial charge in [0.15, 0.2) is 0 Å². The Bertz CT molecular complexity index is 523. The van der Waals surface area contributed by atoms with Crippen LogP contribution in [0.3, 0.4) is 0 Å². The number of nitrogens with zero attached hydrogens (tertiary/aromatic N) is 2. The van der Waals surface area contributed by atoms with Crippen LogP contribution in [0, 0.1) is 0 Å². The summed E-state index contributed by atoms with van der Waals surface area (Å²) in [7, 11) is 0. The minimum absolute atomic E-state index is 0.0411. The molecule has 5 nitrogen and oxygen atoms in total. The molecule has 0 aromatic heterocycles. The number of carboxylic acid groups (broad SMARTS) is 1. The van der Waals surface area contributed by atoms with Crippen molar-refractivity contribution < 1.29 is 14.7 Å². The number of anilines is 1. The molecular formula is C13H13N2O3-. The molecule has 0 atom stereocenters. The van der Waals surface area contributed by atoms with Gasteiger partial charge in [0.1, 0.15) is 0 Å². The molecule has 0 saturated carbocycles. The fourth-order valence-corrected chi connectivity index (χ4v) is 1.88. The van der Waals surface area contributed by atoms with Gasteiger partial charge in [-0.3, -0.25) is 4.79 Å². The second-order valence-electron chi connectivity index (χ2n) is 4.14. The normalized spacial score (nSPS) is 14.8. The molecule has 0 bridgehead atoms. The standard InChI is InChI=1S/C13H14N2O3/c1-2-4-10-8-12(16)15(14-10)11-6-3-5-9(7-11)13(17)18/h3,5-7H,2,4,8H2,1H3,(H,17,18)/p-1. The molecule has 0 unspecified atom stereocenters. The van der Waals surface area contributed by atoms with Gasteiger partial charge in [-0.2, -0.15) is 5.10 Å². The lowest BCUT2D eigenvalue weighted by molar-refractivity contribution is -0.255. The summed E-state index contributed by atoms with van der Waals surface area (Å²) in [6.07, 6.45) is 2.02. The first-order chi connectivity index (χ1) is 8.61. The van der Waals surface area contributed by atoms with E-state index in [4.69, 9.17) is 0 Å². The summed E-state index contributed by atoms with van der Waals surface area (Å²) in [6, 6.07) is 6.05. The molecule has 1 amide bonds. The average Bonchev–Trinajstić information content (AvgIpc) is 2.71. The molecule has 2 rings (SSSR count). The summed E-state index contributed by atoms with van der Waals surface area (Å²) in [5.74, 6) is -1.39. The molecule has 1 aromatic rings. The Hall–Kier alpha value is -2.17. The average molecular weight is 245 g/mol. The topological polar surface area (TPSA) is 72.8 Å². The number of carboxylic acids is 1. The van der Waals surface area contributed by atoms with E-state index >= 15 is 0 Å². The largest absolute Gasteiger partial charge is 0.545 e. The molecule has 0 radical (unpaired) electrons. The summed E-state index contributed by atoms with van der Waals surface area (Å²) >= 11 is 0. The van der Waals surface area contributed by atoms with Crippen LogP contribution in [0.5, 0.6) is 0 Å². The van der Waals surface area contributed by atoms with Crippen LogP contribution in [-0.4, -0.2) is 17.6 Å². The van der Waals surface area contributed by atoms with Gasteiger partial charge in [-0.15, -0.1) is 0 Å². The molecule has 1 heterocycles. The molecule has 1 aliphatic rings. The third kappa shape index (κ3) is 2.40. The fraction of sp³-hybridized carbons (Fsp3) is 0.308. The summed E-state index contributed by atoms with van der Waals surface area (Å²) in [5, 5.41) is 16.2. The van der Waals surface area contributed by atoms with Crippen LogP contribution >= 0.6 is 0 Å². The number of amides is 1. The number of hydrazone groups is 1. The van der Waals surface area contributed by atoms with Crippen LogP contribution in [0.4, 0.5) is 5.69 Å². The Kier molecular flexibility index (Phi) is 3.41. The zero-order valence-corrected chi connectivity index (χ0v) is 10.0. The van der Waals surface area contributed by atoms with Gasteiger partial charge in [-0.25, -0.2) is 5.01 Å². The van der Waals surface area contributed by atoms with E-state index in [1.807, 2.05) is 6.92 Å². The number of hydrogen-bond acceptors (Lipinski definition) is 4. The van der Waals surface area contributed by atoms with E-state index in [1.54, 1.807) is 12.1 Å². The van der Waals surface area contributed by atoms with Crippen LogP contribution in [0.25, 0.3) is 0 Å². The number of hydrogen-bond donors (Lipinski definition) is 0. The second-order valence-corrected chi connectivity index (χ2v) is 4.14. The molecule has 0 saturated heterocycles. The van der Waals surface area contributed by atoms with Crippen molar-refractivity contribution in [1.29, 1.82) is 0 Å². The van der Waals surface area contributed by atoms with Gasteiger partial charge >= 0.3 is 0 Å². The van der Waals surface area contributed by atoms with Crippen molar-refractivity contribution in [3.8, 4) is 0 Å². The Balaban J connectivity index is 2.28. The van der Waals surface area contributed by atoms with Crippen LogP contribution < -0.4 is 10.1 Å². The van der Waals surface area contributed by atoms with Gasteiger partial charge in [-0.1, -0.05) is 25.5 Å². The van der Waals surface area contributed by atoms with Crippen molar-refractivity contribution in [2.45, 2.75) is 26.2 Å². The van der Waals surface area contributed by atoms with E-state index in [1.165, 1.54) is 17.1 Å². The number of rotatable bonds is 4. The predicted octanol–water partition coefficient (Wildman–Crippen LogP) is 0.943. The molecule has 0 aliphatic carbocycles. The first-order valence-electron chi connectivity index (χ1n) is 5.82. The van der Waals surface area contributed by atoms with Gasteiger partial charge in [0.25, 0.3) is 5.91 Å². The van der Waals surface area contributed by atoms with Gasteiger partial charge in [0.05, 0.1) is 18.1 Å². The molecular weight excluding hydrogens is 232 g/mol. The zero-order valence-electron chi connectivity index (χ0n) is 10.0. The van der Waals surface area contributed by atoms with E-state index in [-0.39, 0.29) is 11.5 Å². The van der Waals surface area contributed by atoms with Gasteiger partial charge < -0.3 is 9.90 Å². The molecule has 5 heteroatoms. The molecule has 1 aliphatic heterocycles. The highest BCUT2D eigenvalue weighted by Crippen LogP contribution is 2.22. The van der Waals surface area contributed by atoms with E-state index < -0.39 is 5.97 Å². The predicted molar refractivity (Wildman–Crippen MR) is 65.2 cm³/mol. The quantitative estimate of drug-likeness (QED) is 0.792. The maximum absolute atomic E-state index is 11.8. The van der Waals surface area contributed by atoms with Crippen molar-refractivity contribution >= 4 is 23.3 Å². The lowest BCUT2D eigenvalue weighted by Crippen LogP contribution is -2.24. The Morgan fingerprint density at radius 2 is 2.28 bits per heavy atom. The summed E-state index contributed by atoms with van der Waals surface area (Å²) in [5.41, 5.74) is 1.34. The molecule has 0 N–H and O–H groups in total. The van der Waals surface area contributed by atoms with E-state index in [0.717, 1.165) is 18.6 Å². The Morgan fingerprint density at radius 3 is 2.94 bits per heavy atom. The van der Waals surface area contributed by atoms with Crippen molar-refractivity contribution in [3.63, 3.8) is 0 Å². The van der Waals surface area contributed by atoms with Crippen molar-refractivity contribution in [2.24, 2.45) is 5.10 Å². The summed E-state index contributed by atoms with van der Waals surface area (Å²) in [4.78, 5) is 22.6. The van der Waals surface area contributed by atoms with E-state index in [2.05, 4.69) is 5.10 Å². The Labute approximate surface area is 105 Å².